The molecule has 0 spiro atoms. The van der Waals surface area contributed by atoms with Gasteiger partial charge < -0.3 is 5.32 Å². The van der Waals surface area contributed by atoms with E-state index in [0.717, 1.165) is 16.7 Å². The monoisotopic (exact) mass is 417 g/mol. The fourth-order valence-electron chi connectivity index (χ4n) is 3.33. The molecule has 0 saturated carbocycles. The molecule has 4 rings (SSSR count). The van der Waals surface area contributed by atoms with Crippen molar-refractivity contribution < 1.29 is 4.79 Å². The first-order valence-corrected chi connectivity index (χ1v) is 10.7. The SMILES string of the molecule is Cc1ccc(-c2csc3ncn(CC(=O)Nc4ccc(C(C)C)cc4)c(=O)c23)cc1. The average molecular weight is 418 g/mol. The van der Waals surface area contributed by atoms with Crippen LogP contribution >= 0.6 is 11.3 Å². The Morgan fingerprint density at radius 2 is 1.80 bits per heavy atom. The minimum Gasteiger partial charge on any atom is -0.325 e. The van der Waals surface area contributed by atoms with Crippen LogP contribution in [0.2, 0.25) is 0 Å². The van der Waals surface area contributed by atoms with Crippen molar-refractivity contribution in [3.05, 3.63) is 81.7 Å². The number of fused-ring (bicyclic) bond motifs is 1. The molecule has 0 bridgehead atoms. The van der Waals surface area contributed by atoms with Crippen LogP contribution in [0.4, 0.5) is 5.69 Å². The number of amides is 1. The summed E-state index contributed by atoms with van der Waals surface area (Å²) in [5.74, 6) is 0.169. The molecule has 6 heteroatoms. The summed E-state index contributed by atoms with van der Waals surface area (Å²) in [6.07, 6.45) is 1.45. The lowest BCUT2D eigenvalue weighted by atomic mass is 10.0. The summed E-state index contributed by atoms with van der Waals surface area (Å²) in [5, 5.41) is 5.36. The number of carbonyl (C=O) groups excluding carboxylic acids is 1. The number of hydrogen-bond donors (Lipinski definition) is 1. The van der Waals surface area contributed by atoms with Crippen molar-refractivity contribution in [3.8, 4) is 11.1 Å². The number of nitrogens with zero attached hydrogens (tertiary/aromatic N) is 2. The number of benzene rings is 2. The Balaban J connectivity index is 1.59. The van der Waals surface area contributed by atoms with E-state index in [1.165, 1.54) is 27.8 Å². The zero-order chi connectivity index (χ0) is 21.3. The summed E-state index contributed by atoms with van der Waals surface area (Å²) >= 11 is 1.44. The number of aromatic nitrogens is 2. The van der Waals surface area contributed by atoms with Gasteiger partial charge >= 0.3 is 0 Å². The third kappa shape index (κ3) is 4.04. The summed E-state index contributed by atoms with van der Waals surface area (Å²) in [4.78, 5) is 30.7. The lowest BCUT2D eigenvalue weighted by Crippen LogP contribution is -2.27. The Hall–Kier alpha value is -3.25. The Bertz CT molecular complexity index is 1250. The molecule has 0 unspecified atom stereocenters. The maximum atomic E-state index is 13.1. The van der Waals surface area contributed by atoms with Gasteiger partial charge in [-0.25, -0.2) is 4.98 Å². The smallest absolute Gasteiger partial charge is 0.263 e. The minimum atomic E-state index is -0.261. The van der Waals surface area contributed by atoms with E-state index in [9.17, 15) is 9.59 Å². The maximum absolute atomic E-state index is 13.1. The summed E-state index contributed by atoms with van der Waals surface area (Å²) in [6.45, 7) is 6.19. The van der Waals surface area contributed by atoms with Crippen molar-refractivity contribution in [2.75, 3.05) is 5.32 Å². The van der Waals surface area contributed by atoms with Gasteiger partial charge in [-0.3, -0.25) is 14.2 Å². The van der Waals surface area contributed by atoms with E-state index in [1.807, 2.05) is 60.8 Å². The molecule has 0 radical (unpaired) electrons. The highest BCUT2D eigenvalue weighted by Gasteiger charge is 2.15. The molecule has 0 fully saturated rings. The second kappa shape index (κ2) is 8.24. The second-order valence-corrected chi connectivity index (χ2v) is 8.56. The third-order valence-electron chi connectivity index (χ3n) is 5.10. The van der Waals surface area contributed by atoms with Crippen molar-refractivity contribution in [2.24, 2.45) is 0 Å². The molecule has 152 valence electrons. The highest BCUT2D eigenvalue weighted by atomic mass is 32.1. The molecule has 1 amide bonds. The summed E-state index contributed by atoms with van der Waals surface area (Å²) in [6, 6.07) is 15.8. The van der Waals surface area contributed by atoms with Crippen LogP contribution in [0, 0.1) is 6.92 Å². The normalized spacial score (nSPS) is 11.2. The van der Waals surface area contributed by atoms with E-state index < -0.39 is 0 Å². The van der Waals surface area contributed by atoms with E-state index in [1.54, 1.807) is 0 Å². The first-order chi connectivity index (χ1) is 14.4. The molecule has 1 N–H and O–H groups in total. The van der Waals surface area contributed by atoms with Gasteiger partial charge in [-0.15, -0.1) is 11.3 Å². The van der Waals surface area contributed by atoms with Crippen LogP contribution in [0.3, 0.4) is 0 Å². The molecular formula is C24H23N3O2S. The number of hydrogen-bond acceptors (Lipinski definition) is 4. The molecule has 0 aliphatic heterocycles. The van der Waals surface area contributed by atoms with Gasteiger partial charge in [-0.2, -0.15) is 0 Å². The highest BCUT2D eigenvalue weighted by molar-refractivity contribution is 7.17. The first-order valence-electron chi connectivity index (χ1n) is 9.86. The van der Waals surface area contributed by atoms with Crippen LogP contribution in [0.15, 0.2) is 65.0 Å². The number of anilines is 1. The number of nitrogens with one attached hydrogen (secondary N) is 1. The largest absolute Gasteiger partial charge is 0.325 e. The summed E-state index contributed by atoms with van der Waals surface area (Å²) < 4.78 is 1.37. The average Bonchev–Trinajstić information content (AvgIpc) is 3.16. The fraction of sp³-hybridized carbons (Fsp3) is 0.208. The summed E-state index contributed by atoms with van der Waals surface area (Å²) in [7, 11) is 0. The van der Waals surface area contributed by atoms with Crippen LogP contribution in [0.25, 0.3) is 21.3 Å². The van der Waals surface area contributed by atoms with Crippen LogP contribution in [0.5, 0.6) is 0 Å². The molecule has 30 heavy (non-hydrogen) atoms. The molecule has 2 aromatic carbocycles. The molecule has 0 aliphatic carbocycles. The Kier molecular flexibility index (Phi) is 5.50. The topological polar surface area (TPSA) is 64.0 Å². The highest BCUT2D eigenvalue weighted by Crippen LogP contribution is 2.30. The van der Waals surface area contributed by atoms with E-state index in [0.29, 0.717) is 21.8 Å². The van der Waals surface area contributed by atoms with E-state index >= 15 is 0 Å². The number of carbonyl (C=O) groups is 1. The van der Waals surface area contributed by atoms with E-state index in [2.05, 4.69) is 24.1 Å². The van der Waals surface area contributed by atoms with Crippen LogP contribution in [0.1, 0.15) is 30.9 Å². The lowest BCUT2D eigenvalue weighted by molar-refractivity contribution is -0.116. The van der Waals surface area contributed by atoms with Crippen molar-refractivity contribution in [2.45, 2.75) is 33.2 Å². The maximum Gasteiger partial charge on any atom is 0.263 e. The van der Waals surface area contributed by atoms with Crippen molar-refractivity contribution in [1.82, 2.24) is 9.55 Å². The second-order valence-electron chi connectivity index (χ2n) is 7.70. The first kappa shape index (κ1) is 20.0. The van der Waals surface area contributed by atoms with Gasteiger partial charge in [0.2, 0.25) is 5.91 Å². The Morgan fingerprint density at radius 1 is 1.10 bits per heavy atom. The summed E-state index contributed by atoms with van der Waals surface area (Å²) in [5.41, 5.74) is 4.70. The van der Waals surface area contributed by atoms with Gasteiger partial charge in [-0.1, -0.05) is 55.8 Å². The van der Waals surface area contributed by atoms with E-state index in [-0.39, 0.29) is 18.0 Å². The van der Waals surface area contributed by atoms with Crippen molar-refractivity contribution >= 4 is 33.1 Å². The van der Waals surface area contributed by atoms with Gasteiger partial charge in [0.05, 0.1) is 11.7 Å². The molecular weight excluding hydrogens is 394 g/mol. The number of aryl methyl sites for hydroxylation is 1. The van der Waals surface area contributed by atoms with Gasteiger partial charge in [0.15, 0.2) is 0 Å². The minimum absolute atomic E-state index is 0.0864. The Morgan fingerprint density at radius 3 is 2.47 bits per heavy atom. The fourth-order valence-corrected chi connectivity index (χ4v) is 4.24. The molecule has 4 aromatic rings. The van der Waals surface area contributed by atoms with Crippen LogP contribution in [-0.2, 0) is 11.3 Å². The third-order valence-corrected chi connectivity index (χ3v) is 5.98. The predicted octanol–water partition coefficient (Wildman–Crippen LogP) is 5.20. The standard InChI is InChI=1S/C24H23N3O2S/c1-15(2)17-8-10-19(11-9-17)26-21(28)12-27-14-25-23-22(24(27)29)20(13-30-23)18-6-4-16(3)5-7-18/h4-11,13-15H,12H2,1-3H3,(H,26,28). The van der Waals surface area contributed by atoms with E-state index in [4.69, 9.17) is 0 Å². The van der Waals surface area contributed by atoms with Crippen molar-refractivity contribution in [3.63, 3.8) is 0 Å². The lowest BCUT2D eigenvalue weighted by Gasteiger charge is -2.10. The molecule has 2 heterocycles. The zero-order valence-electron chi connectivity index (χ0n) is 17.2. The number of rotatable bonds is 5. The molecule has 0 aliphatic rings. The zero-order valence-corrected chi connectivity index (χ0v) is 18.0. The molecule has 0 saturated heterocycles. The molecule has 2 aromatic heterocycles. The van der Waals surface area contributed by atoms with Gasteiger partial charge in [0.1, 0.15) is 11.4 Å². The van der Waals surface area contributed by atoms with Crippen molar-refractivity contribution in [1.29, 1.82) is 0 Å². The van der Waals surface area contributed by atoms with Gasteiger partial charge in [-0.05, 0) is 36.1 Å². The molecule has 5 nitrogen and oxygen atoms in total. The quantitative estimate of drug-likeness (QED) is 0.486. The van der Waals surface area contributed by atoms with Crippen LogP contribution in [-0.4, -0.2) is 15.5 Å². The Labute approximate surface area is 179 Å². The predicted molar refractivity (Wildman–Crippen MR) is 123 cm³/mol. The van der Waals surface area contributed by atoms with Gasteiger partial charge in [0.25, 0.3) is 5.56 Å². The number of thiophene rings is 1. The molecule has 0 atom stereocenters. The van der Waals surface area contributed by atoms with Gasteiger partial charge in [0, 0.05) is 16.6 Å². The van der Waals surface area contributed by atoms with Crippen LogP contribution < -0.4 is 10.9 Å².